The van der Waals surface area contributed by atoms with Crippen molar-refractivity contribution in [1.29, 1.82) is 0 Å². The zero-order valence-electron chi connectivity index (χ0n) is 17.8. The van der Waals surface area contributed by atoms with Crippen LogP contribution in [0.1, 0.15) is 5.56 Å². The van der Waals surface area contributed by atoms with Crippen molar-refractivity contribution in [3.8, 4) is 11.5 Å². The topological polar surface area (TPSA) is 88.2 Å². The van der Waals surface area contributed by atoms with E-state index < -0.39 is 16.6 Å². The van der Waals surface area contributed by atoms with Gasteiger partial charge in [0.15, 0.2) is 0 Å². The van der Waals surface area contributed by atoms with Crippen molar-refractivity contribution in [3.05, 3.63) is 65.2 Å². The second-order valence-corrected chi connectivity index (χ2v) is 9.63. The maximum absolute atomic E-state index is 12.9. The van der Waals surface area contributed by atoms with Crippen LogP contribution in [0, 0.1) is 0 Å². The first-order valence-corrected chi connectivity index (χ1v) is 11.6. The van der Waals surface area contributed by atoms with Crippen molar-refractivity contribution in [2.75, 3.05) is 33.3 Å². The highest BCUT2D eigenvalue weighted by molar-refractivity contribution is 7.89. The van der Waals surface area contributed by atoms with Gasteiger partial charge >= 0.3 is 12.6 Å². The summed E-state index contributed by atoms with van der Waals surface area (Å²) in [5, 5.41) is 2.88. The first-order chi connectivity index (χ1) is 15.8. The van der Waals surface area contributed by atoms with Gasteiger partial charge in [-0.25, -0.2) is 13.2 Å². The number of ether oxygens (including phenoxy) is 2. The van der Waals surface area contributed by atoms with Crippen molar-refractivity contribution >= 4 is 16.1 Å². The Labute approximate surface area is 190 Å². The van der Waals surface area contributed by atoms with Gasteiger partial charge in [-0.3, -0.25) is 0 Å². The fourth-order valence-electron chi connectivity index (χ4n) is 3.87. The van der Waals surface area contributed by atoms with Gasteiger partial charge in [-0.05, 0) is 53.1 Å². The molecule has 33 heavy (non-hydrogen) atoms. The third-order valence-electron chi connectivity index (χ3n) is 5.55. The molecule has 1 N–H and O–H groups in total. The average molecular weight is 480 g/mol. The predicted molar refractivity (Wildman–Crippen MR) is 116 cm³/mol. The summed E-state index contributed by atoms with van der Waals surface area (Å²) in [6, 6.07) is 12.1. The van der Waals surface area contributed by atoms with E-state index in [-0.39, 0.29) is 29.8 Å². The molecule has 2 aromatic carbocycles. The molecule has 2 aliphatic rings. The summed E-state index contributed by atoms with van der Waals surface area (Å²) in [6.07, 6.45) is 0. The molecule has 0 aliphatic carbocycles. The molecule has 0 aromatic heterocycles. The van der Waals surface area contributed by atoms with Gasteiger partial charge in [0.25, 0.3) is 0 Å². The smallest absolute Gasteiger partial charge is 0.387 e. The molecule has 0 atom stereocenters. The van der Waals surface area contributed by atoms with Gasteiger partial charge in [0.05, 0.1) is 12.0 Å². The van der Waals surface area contributed by atoms with E-state index in [4.69, 9.17) is 4.74 Å². The summed E-state index contributed by atoms with van der Waals surface area (Å²) in [5.74, 6) is 0.600. The van der Waals surface area contributed by atoms with E-state index in [2.05, 4.69) is 10.1 Å². The van der Waals surface area contributed by atoms with E-state index in [1.54, 1.807) is 12.0 Å². The highest BCUT2D eigenvalue weighted by Crippen LogP contribution is 2.30. The van der Waals surface area contributed by atoms with Crippen molar-refractivity contribution in [2.45, 2.75) is 18.1 Å². The Balaban J connectivity index is 1.31. The van der Waals surface area contributed by atoms with Crippen LogP contribution < -0.4 is 14.8 Å². The molecule has 0 saturated carbocycles. The van der Waals surface area contributed by atoms with E-state index in [1.165, 1.54) is 28.6 Å². The largest absolute Gasteiger partial charge is 0.497 e. The Hall–Kier alpha value is -3.18. The van der Waals surface area contributed by atoms with Crippen molar-refractivity contribution in [2.24, 2.45) is 0 Å². The summed E-state index contributed by atoms with van der Waals surface area (Å²) >= 11 is 0. The number of urea groups is 1. The maximum atomic E-state index is 12.9. The average Bonchev–Trinajstić information content (AvgIpc) is 3.38. The van der Waals surface area contributed by atoms with E-state index in [9.17, 15) is 22.0 Å². The fraction of sp³-hybridized carbons (Fsp3) is 0.318. The van der Waals surface area contributed by atoms with Crippen LogP contribution in [-0.4, -0.2) is 63.6 Å². The lowest BCUT2D eigenvalue weighted by molar-refractivity contribution is -0.0498. The molecule has 0 unspecified atom stereocenters. The predicted octanol–water partition coefficient (Wildman–Crippen LogP) is 2.82. The molecule has 2 amide bonds. The Morgan fingerprint density at radius 2 is 1.70 bits per heavy atom. The summed E-state index contributed by atoms with van der Waals surface area (Å²) in [4.78, 5) is 14.2. The number of methoxy groups -OCH3 is 1. The Morgan fingerprint density at radius 1 is 1.03 bits per heavy atom. The number of halogens is 2. The number of carbonyl (C=O) groups excluding carboxylic acids is 1. The van der Waals surface area contributed by atoms with Gasteiger partial charge in [-0.2, -0.15) is 13.1 Å². The lowest BCUT2D eigenvalue weighted by atomic mass is 10.2. The second kappa shape index (κ2) is 9.36. The molecule has 0 saturated heterocycles. The number of hydrogen-bond acceptors (Lipinski definition) is 5. The molecule has 8 nitrogen and oxygen atoms in total. The maximum Gasteiger partial charge on any atom is 0.387 e. The van der Waals surface area contributed by atoms with E-state index in [1.807, 2.05) is 24.3 Å². The highest BCUT2D eigenvalue weighted by Gasteiger charge is 2.37. The summed E-state index contributed by atoms with van der Waals surface area (Å²) < 4.78 is 61.2. The molecule has 0 radical (unpaired) electrons. The standard InChI is InChI=1S/C22H23F2N3O5S/c1-31-19-4-2-3-15(9-19)10-25-22(28)26-11-16-13-27(14-17(16)12-26)33(29,30)20-7-5-18(6-8-20)32-21(23)24/h2-9,21H,10-14H2,1H3,(H,25,28). The van der Waals surface area contributed by atoms with Crippen molar-refractivity contribution < 1.29 is 31.5 Å². The van der Waals surface area contributed by atoms with Crippen LogP contribution in [-0.2, 0) is 16.6 Å². The number of nitrogens with zero attached hydrogens (tertiary/aromatic N) is 2. The summed E-state index contributed by atoms with van der Waals surface area (Å²) in [6.45, 7) is -1.55. The number of alkyl halides is 2. The van der Waals surface area contributed by atoms with Gasteiger partial charge in [0.1, 0.15) is 11.5 Å². The SMILES string of the molecule is COc1cccc(CNC(=O)N2CC3=C(C2)CN(S(=O)(=O)c2ccc(OC(F)F)cc2)C3)c1. The summed E-state index contributed by atoms with van der Waals surface area (Å²) in [7, 11) is -2.22. The molecule has 2 heterocycles. The molecule has 2 aliphatic heterocycles. The van der Waals surface area contributed by atoms with Crippen molar-refractivity contribution in [1.82, 2.24) is 14.5 Å². The van der Waals surface area contributed by atoms with Gasteiger partial charge < -0.3 is 19.7 Å². The number of nitrogens with one attached hydrogen (secondary N) is 1. The van der Waals surface area contributed by atoms with Crippen LogP contribution in [0.15, 0.2) is 64.6 Å². The molecule has 176 valence electrons. The number of benzene rings is 2. The first-order valence-electron chi connectivity index (χ1n) is 10.2. The first kappa shape index (κ1) is 23.0. The van der Waals surface area contributed by atoms with Crippen molar-refractivity contribution in [3.63, 3.8) is 0 Å². The van der Waals surface area contributed by atoms with Crippen LogP contribution in [0.4, 0.5) is 13.6 Å². The van der Waals surface area contributed by atoms with Crippen LogP contribution >= 0.6 is 0 Å². The second-order valence-electron chi connectivity index (χ2n) is 7.70. The molecule has 0 bridgehead atoms. The number of carbonyl (C=O) groups is 1. The number of rotatable bonds is 7. The monoisotopic (exact) mass is 479 g/mol. The lowest BCUT2D eigenvalue weighted by Crippen LogP contribution is -2.41. The highest BCUT2D eigenvalue weighted by atomic mass is 32.2. The Bertz CT molecular complexity index is 1150. The van der Waals surface area contributed by atoms with Crippen LogP contribution in [0.3, 0.4) is 0 Å². The molecule has 2 aromatic rings. The fourth-order valence-corrected chi connectivity index (χ4v) is 5.30. The molecule has 4 rings (SSSR count). The normalized spacial score (nSPS) is 16.3. The van der Waals surface area contributed by atoms with Crippen LogP contribution in [0.25, 0.3) is 0 Å². The molecular weight excluding hydrogens is 456 g/mol. The van der Waals surface area contributed by atoms with Gasteiger partial charge in [0.2, 0.25) is 10.0 Å². The van der Waals surface area contributed by atoms with Gasteiger partial charge in [-0.15, -0.1) is 0 Å². The number of sulfonamides is 1. The van der Waals surface area contributed by atoms with E-state index in [0.29, 0.717) is 25.4 Å². The van der Waals surface area contributed by atoms with E-state index in [0.717, 1.165) is 16.7 Å². The lowest BCUT2D eigenvalue weighted by Gasteiger charge is -2.23. The minimum Gasteiger partial charge on any atom is -0.497 e. The molecule has 11 heteroatoms. The Morgan fingerprint density at radius 3 is 2.30 bits per heavy atom. The zero-order valence-corrected chi connectivity index (χ0v) is 18.6. The zero-order chi connectivity index (χ0) is 23.6. The van der Waals surface area contributed by atoms with Crippen LogP contribution in [0.5, 0.6) is 11.5 Å². The Kier molecular flexibility index (Phi) is 6.52. The minimum atomic E-state index is -3.80. The third-order valence-corrected chi connectivity index (χ3v) is 7.36. The van der Waals surface area contributed by atoms with Gasteiger partial charge in [-0.1, -0.05) is 12.1 Å². The molecular formula is C22H23F2N3O5S. The van der Waals surface area contributed by atoms with Gasteiger partial charge in [0, 0.05) is 32.7 Å². The summed E-state index contributed by atoms with van der Waals surface area (Å²) in [5.41, 5.74) is 2.70. The number of hydrogen-bond donors (Lipinski definition) is 1. The van der Waals surface area contributed by atoms with Crippen LogP contribution in [0.2, 0.25) is 0 Å². The van der Waals surface area contributed by atoms with E-state index >= 15 is 0 Å². The quantitative estimate of drug-likeness (QED) is 0.617. The minimum absolute atomic E-state index is 0.00169. The molecule has 0 fully saturated rings. The number of amides is 2. The third kappa shape index (κ3) is 5.09. The molecule has 0 spiro atoms.